The highest BCUT2D eigenvalue weighted by Gasteiger charge is 2.30. The van der Waals surface area contributed by atoms with Gasteiger partial charge in [-0.1, -0.05) is 11.3 Å². The zero-order valence-electron chi connectivity index (χ0n) is 12.2. The number of morpholine rings is 1. The molecule has 1 N–H and O–H groups in total. The smallest absolute Gasteiger partial charge is 0.317 e. The lowest BCUT2D eigenvalue weighted by molar-refractivity contribution is 0.0533. The largest absolute Gasteiger partial charge is 0.378 e. The van der Waals surface area contributed by atoms with E-state index >= 15 is 0 Å². The third kappa shape index (κ3) is 2.78. The van der Waals surface area contributed by atoms with Crippen LogP contribution in [0.2, 0.25) is 0 Å². The van der Waals surface area contributed by atoms with Crippen LogP contribution in [-0.4, -0.2) is 63.6 Å². The highest BCUT2D eigenvalue weighted by Crippen LogP contribution is 2.39. The van der Waals surface area contributed by atoms with Crippen LogP contribution >= 0.6 is 11.3 Å². The minimum Gasteiger partial charge on any atom is -0.378 e. The summed E-state index contributed by atoms with van der Waals surface area (Å²) < 4.78 is 7.10. The Labute approximate surface area is 131 Å². The first-order chi connectivity index (χ1) is 10.8. The molecule has 1 aliphatic carbocycles. The van der Waals surface area contributed by atoms with Crippen LogP contribution in [0.25, 0.3) is 4.96 Å². The van der Waals surface area contributed by atoms with Gasteiger partial charge in [0.2, 0.25) is 4.96 Å². The Kier molecular flexibility index (Phi) is 3.67. The molecule has 2 amide bonds. The van der Waals surface area contributed by atoms with Gasteiger partial charge in [-0.3, -0.25) is 0 Å². The molecule has 2 fully saturated rings. The van der Waals surface area contributed by atoms with Crippen molar-refractivity contribution in [3.63, 3.8) is 0 Å². The van der Waals surface area contributed by atoms with Crippen molar-refractivity contribution in [2.75, 3.05) is 32.8 Å². The van der Waals surface area contributed by atoms with Crippen molar-refractivity contribution >= 4 is 22.3 Å². The maximum absolute atomic E-state index is 12.0. The molecule has 2 aromatic heterocycles. The lowest BCUT2D eigenvalue weighted by Gasteiger charge is -2.26. The Hall–Kier alpha value is -1.74. The van der Waals surface area contributed by atoms with E-state index in [9.17, 15) is 4.79 Å². The monoisotopic (exact) mass is 322 g/mol. The van der Waals surface area contributed by atoms with Crippen molar-refractivity contribution in [2.24, 2.45) is 0 Å². The summed E-state index contributed by atoms with van der Waals surface area (Å²) in [4.78, 5) is 14.6. The molecule has 0 aromatic carbocycles. The molecule has 1 saturated heterocycles. The van der Waals surface area contributed by atoms with Crippen LogP contribution in [0.4, 0.5) is 4.79 Å². The van der Waals surface area contributed by atoms with Gasteiger partial charge >= 0.3 is 6.03 Å². The zero-order chi connectivity index (χ0) is 14.9. The molecule has 0 atom stereocenters. The second-order valence-electron chi connectivity index (χ2n) is 5.60. The van der Waals surface area contributed by atoms with Crippen molar-refractivity contribution in [1.29, 1.82) is 0 Å². The molecule has 0 bridgehead atoms. The van der Waals surface area contributed by atoms with Gasteiger partial charge in [0, 0.05) is 32.0 Å². The maximum Gasteiger partial charge on any atom is 0.317 e. The second-order valence-corrected chi connectivity index (χ2v) is 6.64. The molecule has 118 valence electrons. The first kappa shape index (κ1) is 13.9. The molecule has 0 unspecified atom stereocenters. The number of carbonyl (C=O) groups is 1. The van der Waals surface area contributed by atoms with Gasteiger partial charge in [-0.05, 0) is 12.8 Å². The van der Waals surface area contributed by atoms with Crippen molar-refractivity contribution in [3.05, 3.63) is 10.8 Å². The van der Waals surface area contributed by atoms with Crippen LogP contribution in [0.1, 0.15) is 29.6 Å². The third-order valence-electron chi connectivity index (χ3n) is 3.91. The van der Waals surface area contributed by atoms with Crippen LogP contribution in [0, 0.1) is 0 Å². The van der Waals surface area contributed by atoms with Crippen molar-refractivity contribution in [1.82, 2.24) is 30.0 Å². The van der Waals surface area contributed by atoms with Crippen LogP contribution < -0.4 is 5.32 Å². The standard InChI is InChI=1S/C13H18N6O2S/c20-12(18-5-7-21-8-6-18)14-4-3-10-17-19-11(9-1-2-9)15-16-13(19)22-10/h9H,1-8H2,(H,14,20). The second kappa shape index (κ2) is 5.81. The minimum atomic E-state index is -0.0232. The summed E-state index contributed by atoms with van der Waals surface area (Å²) in [6, 6.07) is -0.0232. The predicted molar refractivity (Wildman–Crippen MR) is 80.1 cm³/mol. The summed E-state index contributed by atoms with van der Waals surface area (Å²) in [7, 11) is 0. The Balaban J connectivity index is 1.32. The summed E-state index contributed by atoms with van der Waals surface area (Å²) in [5.74, 6) is 1.51. The first-order valence-electron chi connectivity index (χ1n) is 7.63. The van der Waals surface area contributed by atoms with E-state index in [1.807, 2.05) is 4.52 Å². The Morgan fingerprint density at radius 1 is 1.32 bits per heavy atom. The van der Waals surface area contributed by atoms with Gasteiger partial charge in [0.15, 0.2) is 5.82 Å². The molecule has 1 saturated carbocycles. The fourth-order valence-corrected chi connectivity index (χ4v) is 3.36. The van der Waals surface area contributed by atoms with Gasteiger partial charge < -0.3 is 15.0 Å². The molecule has 2 aliphatic rings. The van der Waals surface area contributed by atoms with E-state index in [0.29, 0.717) is 45.2 Å². The highest BCUT2D eigenvalue weighted by molar-refractivity contribution is 7.16. The predicted octanol–water partition coefficient (Wildman–Crippen LogP) is 0.647. The van der Waals surface area contributed by atoms with Crippen molar-refractivity contribution < 1.29 is 9.53 Å². The molecule has 22 heavy (non-hydrogen) atoms. The number of aromatic nitrogens is 4. The Bertz CT molecular complexity index is 673. The Morgan fingerprint density at radius 3 is 2.91 bits per heavy atom. The quantitative estimate of drug-likeness (QED) is 0.893. The molecule has 4 rings (SSSR count). The number of ether oxygens (including phenoxy) is 1. The highest BCUT2D eigenvalue weighted by atomic mass is 32.1. The number of rotatable bonds is 4. The number of nitrogens with zero attached hydrogens (tertiary/aromatic N) is 5. The fraction of sp³-hybridized carbons (Fsp3) is 0.692. The van der Waals surface area contributed by atoms with E-state index in [1.165, 1.54) is 12.8 Å². The molecule has 1 aliphatic heterocycles. The molecule has 0 spiro atoms. The van der Waals surface area contributed by atoms with Gasteiger partial charge in [0.1, 0.15) is 5.01 Å². The lowest BCUT2D eigenvalue weighted by Crippen LogP contribution is -2.46. The van der Waals surface area contributed by atoms with Crippen LogP contribution in [0.5, 0.6) is 0 Å². The van der Waals surface area contributed by atoms with Gasteiger partial charge in [-0.15, -0.1) is 10.2 Å². The normalized spacial score (nSPS) is 18.8. The van der Waals surface area contributed by atoms with Gasteiger partial charge in [0.05, 0.1) is 13.2 Å². The van der Waals surface area contributed by atoms with Crippen LogP contribution in [0.3, 0.4) is 0 Å². The average molecular weight is 322 g/mol. The fourth-order valence-electron chi connectivity index (χ4n) is 2.52. The van der Waals surface area contributed by atoms with Crippen LogP contribution in [-0.2, 0) is 11.2 Å². The minimum absolute atomic E-state index is 0.0232. The molecule has 3 heterocycles. The number of carbonyl (C=O) groups excluding carboxylic acids is 1. The molecule has 9 heteroatoms. The molecular weight excluding hydrogens is 304 g/mol. The van der Waals surface area contributed by atoms with E-state index in [1.54, 1.807) is 16.2 Å². The molecule has 2 aromatic rings. The number of urea groups is 1. The topological polar surface area (TPSA) is 84.7 Å². The SMILES string of the molecule is O=C(NCCc1nn2c(C3CC3)nnc2s1)N1CCOCC1. The summed E-state index contributed by atoms with van der Waals surface area (Å²) in [6.07, 6.45) is 3.08. The van der Waals surface area contributed by atoms with E-state index in [0.717, 1.165) is 15.8 Å². The number of hydrogen-bond acceptors (Lipinski definition) is 6. The van der Waals surface area contributed by atoms with Gasteiger partial charge in [-0.25, -0.2) is 4.79 Å². The van der Waals surface area contributed by atoms with Crippen LogP contribution in [0.15, 0.2) is 0 Å². The summed E-state index contributed by atoms with van der Waals surface area (Å²) in [6.45, 7) is 3.14. The number of amides is 2. The summed E-state index contributed by atoms with van der Waals surface area (Å²) >= 11 is 1.54. The maximum atomic E-state index is 12.0. The van der Waals surface area contributed by atoms with E-state index < -0.39 is 0 Å². The van der Waals surface area contributed by atoms with Gasteiger partial charge in [0.25, 0.3) is 0 Å². The van der Waals surface area contributed by atoms with Crippen molar-refractivity contribution in [3.8, 4) is 0 Å². The molecule has 8 nitrogen and oxygen atoms in total. The zero-order valence-corrected chi connectivity index (χ0v) is 13.0. The number of nitrogens with one attached hydrogen (secondary N) is 1. The van der Waals surface area contributed by atoms with E-state index in [4.69, 9.17) is 4.74 Å². The third-order valence-corrected chi connectivity index (χ3v) is 4.87. The lowest BCUT2D eigenvalue weighted by atomic mass is 10.4. The average Bonchev–Trinajstić information content (AvgIpc) is 3.19. The number of hydrogen-bond donors (Lipinski definition) is 1. The van der Waals surface area contributed by atoms with Gasteiger partial charge in [-0.2, -0.15) is 9.61 Å². The van der Waals surface area contributed by atoms with Crippen molar-refractivity contribution in [2.45, 2.75) is 25.2 Å². The number of fused-ring (bicyclic) bond motifs is 1. The molecule has 0 radical (unpaired) electrons. The first-order valence-corrected chi connectivity index (χ1v) is 8.44. The molecular formula is C13H18N6O2S. The summed E-state index contributed by atoms with van der Waals surface area (Å²) in [5.41, 5.74) is 0. The summed E-state index contributed by atoms with van der Waals surface area (Å²) in [5, 5.41) is 16.9. The Morgan fingerprint density at radius 2 is 2.14 bits per heavy atom. The van der Waals surface area contributed by atoms with E-state index in [2.05, 4.69) is 20.6 Å². The van der Waals surface area contributed by atoms with E-state index in [-0.39, 0.29) is 6.03 Å².